The summed E-state index contributed by atoms with van der Waals surface area (Å²) in [5, 5.41) is 4.12. The molecule has 0 aromatic heterocycles. The zero-order valence-corrected chi connectivity index (χ0v) is 14.6. The fourth-order valence-electron chi connectivity index (χ4n) is 2.51. The van der Waals surface area contributed by atoms with Crippen molar-refractivity contribution in [1.82, 2.24) is 5.43 Å². The van der Waals surface area contributed by atoms with Gasteiger partial charge in [0.05, 0.1) is 5.71 Å². The largest absolute Gasteiger partial charge is 0.483 e. The third kappa shape index (κ3) is 4.57. The zero-order valence-electron chi connectivity index (χ0n) is 14.6. The van der Waals surface area contributed by atoms with Gasteiger partial charge in [-0.25, -0.2) is 5.43 Å². The summed E-state index contributed by atoms with van der Waals surface area (Å²) in [6, 6.07) is 27.3. The Morgan fingerprint density at radius 3 is 2.23 bits per heavy atom. The number of nitrogens with one attached hydrogen (secondary N) is 1. The van der Waals surface area contributed by atoms with E-state index in [-0.39, 0.29) is 12.5 Å². The second-order valence-electron chi connectivity index (χ2n) is 5.75. The number of hydrogen-bond donors (Lipinski definition) is 1. The molecule has 3 aromatic carbocycles. The number of hydrazone groups is 1. The van der Waals surface area contributed by atoms with Gasteiger partial charge in [-0.15, -0.1) is 0 Å². The van der Waals surface area contributed by atoms with Crippen molar-refractivity contribution in [2.75, 3.05) is 6.61 Å². The molecule has 4 nitrogen and oxygen atoms in total. The number of benzene rings is 3. The first kappa shape index (κ1) is 17.4. The third-order valence-electron chi connectivity index (χ3n) is 3.87. The van der Waals surface area contributed by atoms with Crippen LogP contribution in [-0.2, 0) is 4.79 Å². The summed E-state index contributed by atoms with van der Waals surface area (Å²) in [5.41, 5.74) is 6.23. The van der Waals surface area contributed by atoms with E-state index in [0.717, 1.165) is 22.4 Å². The molecule has 0 saturated carbocycles. The molecule has 1 amide bonds. The molecule has 130 valence electrons. The van der Waals surface area contributed by atoms with E-state index < -0.39 is 0 Å². The van der Waals surface area contributed by atoms with Crippen LogP contribution < -0.4 is 10.2 Å². The van der Waals surface area contributed by atoms with E-state index in [0.29, 0.717) is 5.75 Å². The highest BCUT2D eigenvalue weighted by Gasteiger charge is 2.08. The first-order valence-electron chi connectivity index (χ1n) is 8.40. The first-order valence-corrected chi connectivity index (χ1v) is 8.40. The summed E-state index contributed by atoms with van der Waals surface area (Å²) < 4.78 is 5.71. The number of nitrogens with zero attached hydrogens (tertiary/aromatic N) is 1. The molecule has 0 aliphatic rings. The van der Waals surface area contributed by atoms with Gasteiger partial charge in [-0.1, -0.05) is 78.9 Å². The van der Waals surface area contributed by atoms with Crippen LogP contribution in [0.15, 0.2) is 90.0 Å². The lowest BCUT2D eigenvalue weighted by molar-refractivity contribution is -0.123. The number of hydrogen-bond acceptors (Lipinski definition) is 3. The molecule has 26 heavy (non-hydrogen) atoms. The summed E-state index contributed by atoms with van der Waals surface area (Å²) in [5.74, 6) is 0.362. The van der Waals surface area contributed by atoms with Gasteiger partial charge in [-0.3, -0.25) is 4.79 Å². The predicted molar refractivity (Wildman–Crippen MR) is 104 cm³/mol. The molecule has 3 rings (SSSR count). The van der Waals surface area contributed by atoms with Crippen molar-refractivity contribution < 1.29 is 9.53 Å². The molecule has 3 aromatic rings. The van der Waals surface area contributed by atoms with E-state index in [9.17, 15) is 4.79 Å². The van der Waals surface area contributed by atoms with Crippen molar-refractivity contribution in [2.24, 2.45) is 5.10 Å². The van der Waals surface area contributed by atoms with Crippen molar-refractivity contribution >= 4 is 11.6 Å². The van der Waals surface area contributed by atoms with Crippen LogP contribution in [-0.4, -0.2) is 18.2 Å². The lowest BCUT2D eigenvalue weighted by Gasteiger charge is -2.11. The number of rotatable bonds is 6. The van der Waals surface area contributed by atoms with Gasteiger partial charge in [0.25, 0.3) is 5.91 Å². The Balaban J connectivity index is 1.62. The average Bonchev–Trinajstić information content (AvgIpc) is 2.72. The van der Waals surface area contributed by atoms with Gasteiger partial charge >= 0.3 is 0 Å². The fraction of sp³-hybridized carbons (Fsp3) is 0.0909. The predicted octanol–water partition coefficient (Wildman–Crippen LogP) is 4.27. The SMILES string of the molecule is C/C(=N\NC(=O)COc1ccccc1-c1ccccc1)c1ccccc1. The summed E-state index contributed by atoms with van der Waals surface area (Å²) in [6.45, 7) is 1.75. The third-order valence-corrected chi connectivity index (χ3v) is 3.87. The molecule has 0 atom stereocenters. The van der Waals surface area contributed by atoms with Crippen LogP contribution in [0.4, 0.5) is 0 Å². The summed E-state index contributed by atoms with van der Waals surface area (Å²) >= 11 is 0. The average molecular weight is 344 g/mol. The van der Waals surface area contributed by atoms with E-state index >= 15 is 0 Å². The first-order chi connectivity index (χ1) is 12.7. The van der Waals surface area contributed by atoms with E-state index in [1.54, 1.807) is 0 Å². The Labute approximate surface area is 153 Å². The fourth-order valence-corrected chi connectivity index (χ4v) is 2.51. The molecular formula is C22H20N2O2. The molecule has 0 bridgehead atoms. The Kier molecular flexibility index (Phi) is 5.78. The molecule has 0 heterocycles. The lowest BCUT2D eigenvalue weighted by atomic mass is 10.1. The second kappa shape index (κ2) is 8.62. The highest BCUT2D eigenvalue weighted by molar-refractivity contribution is 5.99. The van der Waals surface area contributed by atoms with Crippen molar-refractivity contribution in [3.8, 4) is 16.9 Å². The summed E-state index contributed by atoms with van der Waals surface area (Å²) in [4.78, 5) is 12.1. The van der Waals surface area contributed by atoms with Crippen LogP contribution in [0, 0.1) is 0 Å². The van der Waals surface area contributed by atoms with Gasteiger partial charge in [0.15, 0.2) is 6.61 Å². The normalized spacial score (nSPS) is 11.0. The van der Waals surface area contributed by atoms with Gasteiger partial charge in [0.2, 0.25) is 0 Å². The maximum absolute atomic E-state index is 12.1. The Hall–Kier alpha value is -3.40. The minimum absolute atomic E-state index is 0.102. The minimum atomic E-state index is -0.303. The smallest absolute Gasteiger partial charge is 0.277 e. The number of carbonyl (C=O) groups is 1. The standard InChI is InChI=1S/C22H20N2O2/c1-17(18-10-4-2-5-11-18)23-24-22(25)16-26-21-15-9-8-14-20(21)19-12-6-3-7-13-19/h2-15H,16H2,1H3,(H,24,25)/b23-17+. The molecule has 0 aliphatic heterocycles. The van der Waals surface area contributed by atoms with Gasteiger partial charge in [-0.05, 0) is 24.1 Å². The molecule has 4 heteroatoms. The maximum Gasteiger partial charge on any atom is 0.277 e. The number of ether oxygens (including phenoxy) is 1. The zero-order chi connectivity index (χ0) is 18.2. The van der Waals surface area contributed by atoms with Crippen LogP contribution in [0.1, 0.15) is 12.5 Å². The van der Waals surface area contributed by atoms with E-state index in [1.807, 2.05) is 91.9 Å². The van der Waals surface area contributed by atoms with Crippen LogP contribution >= 0.6 is 0 Å². The van der Waals surface area contributed by atoms with Crippen molar-refractivity contribution in [3.63, 3.8) is 0 Å². The van der Waals surface area contributed by atoms with Crippen LogP contribution in [0.25, 0.3) is 11.1 Å². The van der Waals surface area contributed by atoms with Crippen molar-refractivity contribution in [3.05, 3.63) is 90.5 Å². The summed E-state index contributed by atoms with van der Waals surface area (Å²) in [7, 11) is 0. The highest BCUT2D eigenvalue weighted by Crippen LogP contribution is 2.29. The molecule has 0 spiro atoms. The van der Waals surface area contributed by atoms with E-state index in [4.69, 9.17) is 4.74 Å². The monoisotopic (exact) mass is 344 g/mol. The van der Waals surface area contributed by atoms with E-state index in [1.165, 1.54) is 0 Å². The maximum atomic E-state index is 12.1. The van der Waals surface area contributed by atoms with Crippen molar-refractivity contribution in [1.29, 1.82) is 0 Å². The number of amides is 1. The van der Waals surface area contributed by atoms with E-state index in [2.05, 4.69) is 10.5 Å². The Morgan fingerprint density at radius 1 is 0.885 bits per heavy atom. The molecular weight excluding hydrogens is 324 g/mol. The molecule has 0 aliphatic carbocycles. The van der Waals surface area contributed by atoms with Gasteiger partial charge in [0, 0.05) is 5.56 Å². The minimum Gasteiger partial charge on any atom is -0.483 e. The molecule has 1 N–H and O–H groups in total. The molecule has 0 saturated heterocycles. The molecule has 0 unspecified atom stereocenters. The summed E-state index contributed by atoms with van der Waals surface area (Å²) in [6.07, 6.45) is 0. The lowest BCUT2D eigenvalue weighted by Crippen LogP contribution is -2.25. The molecule has 0 radical (unpaired) electrons. The Bertz CT molecular complexity index is 890. The molecule has 0 fully saturated rings. The Morgan fingerprint density at radius 2 is 1.50 bits per heavy atom. The van der Waals surface area contributed by atoms with Crippen LogP contribution in [0.5, 0.6) is 5.75 Å². The van der Waals surface area contributed by atoms with Gasteiger partial charge in [0.1, 0.15) is 5.75 Å². The van der Waals surface area contributed by atoms with Crippen LogP contribution in [0.3, 0.4) is 0 Å². The van der Waals surface area contributed by atoms with Crippen LogP contribution in [0.2, 0.25) is 0 Å². The highest BCUT2D eigenvalue weighted by atomic mass is 16.5. The quantitative estimate of drug-likeness (QED) is 0.536. The van der Waals surface area contributed by atoms with Gasteiger partial charge in [-0.2, -0.15) is 5.10 Å². The number of carbonyl (C=O) groups excluding carboxylic acids is 1. The van der Waals surface area contributed by atoms with Gasteiger partial charge < -0.3 is 4.74 Å². The second-order valence-corrected chi connectivity index (χ2v) is 5.75. The number of para-hydroxylation sites is 1. The topological polar surface area (TPSA) is 50.7 Å². The van der Waals surface area contributed by atoms with Crippen molar-refractivity contribution in [2.45, 2.75) is 6.92 Å².